The van der Waals surface area contributed by atoms with Crippen molar-refractivity contribution in [1.82, 2.24) is 4.37 Å². The van der Waals surface area contributed by atoms with Crippen molar-refractivity contribution in [3.8, 4) is 44.6 Å². The zero-order valence-electron chi connectivity index (χ0n) is 20.0. The van der Waals surface area contributed by atoms with Crippen LogP contribution in [0.1, 0.15) is 12.8 Å². The molecule has 0 fully saturated rings. The van der Waals surface area contributed by atoms with Crippen molar-refractivity contribution in [3.63, 3.8) is 0 Å². The largest absolute Gasteiger partial charge is 0.495 e. The lowest BCUT2D eigenvalue weighted by Crippen LogP contribution is -2.66. The number of hydrogen-bond acceptors (Lipinski definition) is 8. The summed E-state index contributed by atoms with van der Waals surface area (Å²) in [5.41, 5.74) is 12.0. The Balaban J connectivity index is 1.98. The van der Waals surface area contributed by atoms with Gasteiger partial charge in [0.15, 0.2) is 17.5 Å². The normalized spacial score (nSPS) is 11.5. The van der Waals surface area contributed by atoms with Crippen LogP contribution in [0, 0.1) is 0 Å². The van der Waals surface area contributed by atoms with E-state index in [4.69, 9.17) is 24.7 Å². The minimum atomic E-state index is -0.645. The van der Waals surface area contributed by atoms with Gasteiger partial charge in [0.05, 0.1) is 39.0 Å². The van der Waals surface area contributed by atoms with Gasteiger partial charge in [0, 0.05) is 30.2 Å². The van der Waals surface area contributed by atoms with E-state index in [9.17, 15) is 9.59 Å². The summed E-state index contributed by atoms with van der Waals surface area (Å²) in [5.74, 6) is 1.23. The van der Waals surface area contributed by atoms with Gasteiger partial charge in [-0.3, -0.25) is 9.59 Å². The van der Waals surface area contributed by atoms with Crippen LogP contribution in [0.15, 0.2) is 36.5 Å². The van der Waals surface area contributed by atoms with Gasteiger partial charge < -0.3 is 35.7 Å². The molecule has 3 rings (SSSR count). The number of benzene rings is 2. The van der Waals surface area contributed by atoms with E-state index in [1.807, 2.05) is 24.3 Å². The molecule has 3 aromatic rings. The highest BCUT2D eigenvalue weighted by Gasteiger charge is 2.22. The number of nitrogens with one attached hydrogen (secondary N) is 1. The fraction of sp³-hybridized carbons (Fsp3) is 0.292. The van der Waals surface area contributed by atoms with Crippen LogP contribution >= 0.6 is 11.5 Å². The SMILES string of the molecule is COc1ccc(-c2cnsc2-c2cc(OC)c(OC)c(OC)c2)cc1NC(=O)[C@@H]([NH3+])CCC(N)=O. The molecule has 0 aliphatic carbocycles. The molecule has 2 amide bonds. The summed E-state index contributed by atoms with van der Waals surface area (Å²) >= 11 is 1.32. The van der Waals surface area contributed by atoms with Gasteiger partial charge in [-0.1, -0.05) is 6.07 Å². The van der Waals surface area contributed by atoms with E-state index in [0.29, 0.717) is 28.7 Å². The summed E-state index contributed by atoms with van der Waals surface area (Å²) in [6.07, 6.45) is 2.09. The predicted octanol–water partition coefficient (Wildman–Crippen LogP) is 2.33. The lowest BCUT2D eigenvalue weighted by atomic mass is 10.0. The molecular formula is C24H29N4O6S+. The third-order valence-corrected chi connectivity index (χ3v) is 6.22. The van der Waals surface area contributed by atoms with Gasteiger partial charge in [-0.15, -0.1) is 0 Å². The van der Waals surface area contributed by atoms with Crippen LogP contribution < -0.4 is 35.7 Å². The zero-order chi connectivity index (χ0) is 25.5. The van der Waals surface area contributed by atoms with E-state index in [2.05, 4.69) is 15.4 Å². The lowest BCUT2D eigenvalue weighted by Gasteiger charge is -2.15. The third-order valence-electron chi connectivity index (χ3n) is 5.38. The number of carbonyl (C=O) groups excluding carboxylic acids is 2. The van der Waals surface area contributed by atoms with Crippen LogP contribution in [-0.2, 0) is 9.59 Å². The smallest absolute Gasteiger partial charge is 0.282 e. The fourth-order valence-electron chi connectivity index (χ4n) is 3.52. The maximum absolute atomic E-state index is 12.6. The summed E-state index contributed by atoms with van der Waals surface area (Å²) in [4.78, 5) is 24.6. The number of amides is 2. The van der Waals surface area contributed by atoms with Crippen LogP contribution in [0.25, 0.3) is 21.6 Å². The number of primary amides is 1. The van der Waals surface area contributed by atoms with Crippen molar-refractivity contribution >= 4 is 29.0 Å². The maximum atomic E-state index is 12.6. The van der Waals surface area contributed by atoms with Crippen molar-refractivity contribution in [1.29, 1.82) is 0 Å². The van der Waals surface area contributed by atoms with E-state index >= 15 is 0 Å². The van der Waals surface area contributed by atoms with E-state index in [0.717, 1.165) is 21.6 Å². The molecule has 0 saturated carbocycles. The first kappa shape index (κ1) is 25.8. The molecule has 0 spiro atoms. The van der Waals surface area contributed by atoms with Crippen molar-refractivity contribution in [2.75, 3.05) is 33.8 Å². The highest BCUT2D eigenvalue weighted by Crippen LogP contribution is 2.45. The molecule has 0 bridgehead atoms. The zero-order valence-corrected chi connectivity index (χ0v) is 20.9. The molecule has 35 heavy (non-hydrogen) atoms. The van der Waals surface area contributed by atoms with E-state index in [-0.39, 0.29) is 18.7 Å². The second-order valence-electron chi connectivity index (χ2n) is 7.59. The van der Waals surface area contributed by atoms with Crippen LogP contribution in [-0.4, -0.2) is 50.7 Å². The van der Waals surface area contributed by atoms with Crippen LogP contribution in [0.5, 0.6) is 23.0 Å². The van der Waals surface area contributed by atoms with Crippen LogP contribution in [0.2, 0.25) is 0 Å². The molecule has 0 aliphatic heterocycles. The summed E-state index contributed by atoms with van der Waals surface area (Å²) in [6, 6.07) is 8.53. The van der Waals surface area contributed by atoms with Gasteiger partial charge in [-0.05, 0) is 41.4 Å². The van der Waals surface area contributed by atoms with E-state index < -0.39 is 11.9 Å². The monoisotopic (exact) mass is 501 g/mol. The Morgan fingerprint density at radius 2 is 1.66 bits per heavy atom. The molecule has 10 nitrogen and oxygen atoms in total. The van der Waals surface area contributed by atoms with Crippen molar-refractivity contribution in [3.05, 3.63) is 36.5 Å². The van der Waals surface area contributed by atoms with Crippen molar-refractivity contribution in [2.24, 2.45) is 5.73 Å². The van der Waals surface area contributed by atoms with Gasteiger partial charge >= 0.3 is 0 Å². The Morgan fingerprint density at radius 1 is 1.00 bits per heavy atom. The highest BCUT2D eigenvalue weighted by atomic mass is 32.1. The number of carbonyl (C=O) groups is 2. The van der Waals surface area contributed by atoms with Gasteiger partial charge in [-0.2, -0.15) is 4.37 Å². The van der Waals surface area contributed by atoms with Crippen molar-refractivity contribution < 1.29 is 34.3 Å². The second-order valence-corrected chi connectivity index (χ2v) is 8.39. The van der Waals surface area contributed by atoms with Gasteiger partial charge in [0.1, 0.15) is 5.75 Å². The van der Waals surface area contributed by atoms with Crippen molar-refractivity contribution in [2.45, 2.75) is 18.9 Å². The lowest BCUT2D eigenvalue weighted by molar-refractivity contribution is -0.403. The minimum Gasteiger partial charge on any atom is -0.495 e. The van der Waals surface area contributed by atoms with Gasteiger partial charge in [0.2, 0.25) is 11.7 Å². The Hall–Kier alpha value is -3.83. The number of methoxy groups -OCH3 is 4. The summed E-state index contributed by atoms with van der Waals surface area (Å²) in [7, 11) is 6.20. The Bertz CT molecular complexity index is 1190. The molecule has 1 aromatic heterocycles. The molecule has 6 N–H and O–H groups in total. The Morgan fingerprint density at radius 3 is 2.23 bits per heavy atom. The quantitative estimate of drug-likeness (QED) is 0.365. The topological polar surface area (TPSA) is 150 Å². The maximum Gasteiger partial charge on any atom is 0.282 e. The number of quaternary nitrogens is 1. The standard InChI is InChI=1S/C24H28N4O6S/c1-31-18-7-5-13(9-17(18)28-24(30)16(25)6-8-21(26)29)15-12-27-35-23(15)14-10-19(32-2)22(34-4)20(11-14)33-3/h5,7,9-12,16H,6,8,25H2,1-4H3,(H2,26,29)(H,28,30)/p+1/t16-/m0/s1. The number of aromatic nitrogens is 1. The Labute approximate surface area is 207 Å². The first-order valence-electron chi connectivity index (χ1n) is 10.7. The molecule has 1 atom stereocenters. The Kier molecular flexibility index (Phi) is 8.50. The van der Waals surface area contributed by atoms with Crippen LogP contribution in [0.4, 0.5) is 5.69 Å². The molecule has 2 aromatic carbocycles. The summed E-state index contributed by atoms with van der Waals surface area (Å²) < 4.78 is 26.2. The average molecular weight is 502 g/mol. The molecule has 0 aliphatic rings. The first-order chi connectivity index (χ1) is 16.8. The van der Waals surface area contributed by atoms with Gasteiger partial charge in [-0.25, -0.2) is 0 Å². The van der Waals surface area contributed by atoms with E-state index in [1.165, 1.54) is 18.6 Å². The molecule has 0 saturated heterocycles. The number of hydrogen-bond donors (Lipinski definition) is 3. The number of nitrogens with two attached hydrogens (primary N) is 1. The minimum absolute atomic E-state index is 0.0808. The predicted molar refractivity (Wildman–Crippen MR) is 133 cm³/mol. The number of anilines is 1. The number of nitrogens with zero attached hydrogens (tertiary/aromatic N) is 1. The summed E-state index contributed by atoms with van der Waals surface area (Å²) in [5, 5.41) is 2.85. The third kappa shape index (κ3) is 5.81. The van der Waals surface area contributed by atoms with Crippen LogP contribution in [0.3, 0.4) is 0 Å². The van der Waals surface area contributed by atoms with Gasteiger partial charge in [0.25, 0.3) is 5.91 Å². The number of rotatable bonds is 11. The molecule has 0 radical (unpaired) electrons. The van der Waals surface area contributed by atoms with E-state index in [1.54, 1.807) is 33.6 Å². The average Bonchev–Trinajstić information content (AvgIpc) is 3.36. The first-order valence-corrected chi connectivity index (χ1v) is 11.5. The second kappa shape index (κ2) is 11.5. The summed E-state index contributed by atoms with van der Waals surface area (Å²) in [6.45, 7) is 0. The number of ether oxygens (including phenoxy) is 4. The molecule has 11 heteroatoms. The molecule has 186 valence electrons. The highest BCUT2D eigenvalue weighted by molar-refractivity contribution is 7.10. The molecule has 1 heterocycles. The molecular weight excluding hydrogens is 472 g/mol. The molecule has 0 unspecified atom stereocenters. The fourth-order valence-corrected chi connectivity index (χ4v) is 4.28.